The Morgan fingerprint density at radius 1 is 1.53 bits per heavy atom. The van der Waals surface area contributed by atoms with Crippen LogP contribution in [0.1, 0.15) is 21.9 Å². The van der Waals surface area contributed by atoms with Crippen LogP contribution >= 0.6 is 0 Å². The molecule has 0 saturated carbocycles. The van der Waals surface area contributed by atoms with Crippen molar-refractivity contribution in [3.8, 4) is 11.8 Å². The van der Waals surface area contributed by atoms with E-state index in [1.807, 2.05) is 0 Å². The third-order valence-corrected chi connectivity index (χ3v) is 2.14. The fourth-order valence-corrected chi connectivity index (χ4v) is 1.33. The molecule has 8 nitrogen and oxygen atoms in total. The second-order valence-corrected chi connectivity index (χ2v) is 3.42. The molecule has 2 aromatic rings. The Labute approximate surface area is 108 Å². The highest BCUT2D eigenvalue weighted by atomic mass is 16.1. The third kappa shape index (κ3) is 3.34. The van der Waals surface area contributed by atoms with Gasteiger partial charge in [0.1, 0.15) is 5.69 Å². The molecule has 0 spiro atoms. The number of nitrogens with one attached hydrogen (secondary N) is 2. The summed E-state index contributed by atoms with van der Waals surface area (Å²) >= 11 is 0. The second-order valence-electron chi connectivity index (χ2n) is 3.42. The van der Waals surface area contributed by atoms with E-state index in [0.29, 0.717) is 11.4 Å². The van der Waals surface area contributed by atoms with Crippen LogP contribution in [-0.4, -0.2) is 38.1 Å². The number of aromatic nitrogens is 5. The second kappa shape index (κ2) is 6.23. The first-order valence-corrected chi connectivity index (χ1v) is 5.45. The number of aromatic amines is 1. The number of rotatable bonds is 3. The van der Waals surface area contributed by atoms with E-state index < -0.39 is 0 Å². The molecule has 0 bridgehead atoms. The minimum absolute atomic E-state index is 0.162. The monoisotopic (exact) mass is 257 g/mol. The molecule has 8 heteroatoms. The first kappa shape index (κ1) is 12.7. The Kier molecular flexibility index (Phi) is 4.15. The van der Waals surface area contributed by atoms with Crippen molar-refractivity contribution in [1.82, 2.24) is 30.9 Å². The first-order chi connectivity index (χ1) is 9.31. The Balaban J connectivity index is 2.10. The number of H-pyrrole nitrogens is 1. The van der Waals surface area contributed by atoms with Crippen LogP contribution in [0.15, 0.2) is 18.3 Å². The smallest absolute Gasteiger partial charge is 0.271 e. The normalized spacial score (nSPS) is 9.53. The van der Waals surface area contributed by atoms with Gasteiger partial charge < -0.3 is 11.1 Å². The molecule has 0 saturated heterocycles. The van der Waals surface area contributed by atoms with Gasteiger partial charge in [-0.05, 0) is 12.1 Å². The number of carbonyl (C=O) groups is 1. The number of amides is 1. The van der Waals surface area contributed by atoms with Crippen molar-refractivity contribution in [1.29, 1.82) is 0 Å². The van der Waals surface area contributed by atoms with Gasteiger partial charge in [0, 0.05) is 6.20 Å². The fourth-order valence-electron chi connectivity index (χ4n) is 1.33. The van der Waals surface area contributed by atoms with Crippen molar-refractivity contribution in [2.45, 2.75) is 6.54 Å². The van der Waals surface area contributed by atoms with Gasteiger partial charge in [0.25, 0.3) is 5.91 Å². The van der Waals surface area contributed by atoms with E-state index in [-0.39, 0.29) is 24.7 Å². The number of nitrogens with zero attached hydrogens (tertiary/aromatic N) is 4. The molecule has 2 heterocycles. The Bertz CT molecular complexity index is 611. The summed E-state index contributed by atoms with van der Waals surface area (Å²) in [6.45, 7) is 0.383. The summed E-state index contributed by atoms with van der Waals surface area (Å²) in [4.78, 5) is 16.0. The van der Waals surface area contributed by atoms with Gasteiger partial charge in [-0.25, -0.2) is 4.98 Å². The lowest BCUT2D eigenvalue weighted by Gasteiger charge is -2.03. The molecule has 2 aromatic heterocycles. The first-order valence-electron chi connectivity index (χ1n) is 5.45. The molecule has 2 rings (SSSR count). The average Bonchev–Trinajstić information content (AvgIpc) is 2.96. The minimum atomic E-state index is -0.355. The van der Waals surface area contributed by atoms with E-state index in [1.54, 1.807) is 12.1 Å². The lowest BCUT2D eigenvalue weighted by atomic mass is 10.2. The van der Waals surface area contributed by atoms with E-state index in [2.05, 4.69) is 42.8 Å². The maximum atomic E-state index is 12.0. The van der Waals surface area contributed by atoms with Gasteiger partial charge in [0.15, 0.2) is 5.82 Å². The summed E-state index contributed by atoms with van der Waals surface area (Å²) in [5.74, 6) is 5.52. The van der Waals surface area contributed by atoms with Crippen LogP contribution in [-0.2, 0) is 6.54 Å². The zero-order valence-corrected chi connectivity index (χ0v) is 9.92. The maximum absolute atomic E-state index is 12.0. The molecule has 0 atom stereocenters. The third-order valence-electron chi connectivity index (χ3n) is 2.14. The van der Waals surface area contributed by atoms with Crippen molar-refractivity contribution in [3.63, 3.8) is 0 Å². The highest BCUT2D eigenvalue weighted by Gasteiger charge is 2.11. The SMILES string of the molecule is NCC#Cc1cccnc1C(=O)NCc1nn[nH]n1. The molecule has 0 aliphatic carbocycles. The number of nitrogens with two attached hydrogens (primary N) is 1. The standard InChI is InChI=1S/C11H11N7O/c12-5-1-3-8-4-2-6-13-10(8)11(19)14-7-9-15-17-18-16-9/h2,4,6H,5,7,12H2,(H,14,19)(H,15,16,17,18). The quantitative estimate of drug-likeness (QED) is 0.596. The van der Waals surface area contributed by atoms with Gasteiger partial charge >= 0.3 is 0 Å². The summed E-state index contributed by atoms with van der Waals surface area (Å²) < 4.78 is 0. The van der Waals surface area contributed by atoms with Crippen LogP contribution in [0.5, 0.6) is 0 Å². The lowest BCUT2D eigenvalue weighted by Crippen LogP contribution is -2.25. The summed E-state index contributed by atoms with van der Waals surface area (Å²) in [6.07, 6.45) is 1.52. The van der Waals surface area contributed by atoms with Crippen molar-refractivity contribution >= 4 is 5.91 Å². The van der Waals surface area contributed by atoms with Crippen LogP contribution in [0.2, 0.25) is 0 Å². The highest BCUT2D eigenvalue weighted by Crippen LogP contribution is 2.03. The van der Waals surface area contributed by atoms with Crippen molar-refractivity contribution in [2.24, 2.45) is 5.73 Å². The predicted octanol–water partition coefficient (Wildman–Crippen LogP) is -1.17. The molecule has 4 N–H and O–H groups in total. The van der Waals surface area contributed by atoms with Crippen LogP contribution < -0.4 is 11.1 Å². The molecule has 0 aliphatic rings. The van der Waals surface area contributed by atoms with Gasteiger partial charge in [-0.1, -0.05) is 17.1 Å². The molecular weight excluding hydrogens is 246 g/mol. The van der Waals surface area contributed by atoms with Gasteiger partial charge in [0.2, 0.25) is 0 Å². The van der Waals surface area contributed by atoms with Gasteiger partial charge in [-0.15, -0.1) is 10.2 Å². The van der Waals surface area contributed by atoms with Gasteiger partial charge in [0.05, 0.1) is 18.7 Å². The minimum Gasteiger partial charge on any atom is -0.343 e. The molecule has 19 heavy (non-hydrogen) atoms. The maximum Gasteiger partial charge on any atom is 0.271 e. The lowest BCUT2D eigenvalue weighted by molar-refractivity contribution is 0.0944. The number of pyridine rings is 1. The van der Waals surface area contributed by atoms with Crippen LogP contribution in [0.3, 0.4) is 0 Å². The molecule has 96 valence electrons. The largest absolute Gasteiger partial charge is 0.343 e. The van der Waals surface area contributed by atoms with E-state index >= 15 is 0 Å². The number of carbonyl (C=O) groups excluding carboxylic acids is 1. The fraction of sp³-hybridized carbons (Fsp3) is 0.182. The molecule has 0 aliphatic heterocycles. The van der Waals surface area contributed by atoms with E-state index in [1.165, 1.54) is 6.20 Å². The van der Waals surface area contributed by atoms with Crippen molar-refractivity contribution in [3.05, 3.63) is 35.4 Å². The topological polar surface area (TPSA) is 122 Å². The van der Waals surface area contributed by atoms with Gasteiger partial charge in [-0.2, -0.15) is 5.21 Å². The van der Waals surface area contributed by atoms with Crippen LogP contribution in [0, 0.1) is 11.8 Å². The summed E-state index contributed by atoms with van der Waals surface area (Å²) in [6, 6.07) is 3.41. The Hall–Kier alpha value is -2.79. The van der Waals surface area contributed by atoms with E-state index in [9.17, 15) is 4.79 Å². The summed E-state index contributed by atoms with van der Waals surface area (Å²) in [5.41, 5.74) is 6.07. The zero-order valence-electron chi connectivity index (χ0n) is 9.92. The Morgan fingerprint density at radius 2 is 2.42 bits per heavy atom. The average molecular weight is 257 g/mol. The van der Waals surface area contributed by atoms with Gasteiger partial charge in [-0.3, -0.25) is 4.79 Å². The highest BCUT2D eigenvalue weighted by molar-refractivity contribution is 5.94. The Morgan fingerprint density at radius 3 is 3.16 bits per heavy atom. The summed E-state index contributed by atoms with van der Waals surface area (Å²) in [5, 5.41) is 15.8. The molecule has 0 unspecified atom stereocenters. The molecular formula is C11H11N7O. The summed E-state index contributed by atoms with van der Waals surface area (Å²) in [7, 11) is 0. The van der Waals surface area contributed by atoms with Crippen LogP contribution in [0.25, 0.3) is 0 Å². The van der Waals surface area contributed by atoms with E-state index in [0.717, 1.165) is 0 Å². The van der Waals surface area contributed by atoms with Crippen molar-refractivity contribution < 1.29 is 4.79 Å². The molecule has 1 amide bonds. The zero-order chi connectivity index (χ0) is 13.5. The number of hydrogen-bond donors (Lipinski definition) is 3. The van der Waals surface area contributed by atoms with E-state index in [4.69, 9.17) is 5.73 Å². The van der Waals surface area contributed by atoms with Crippen molar-refractivity contribution in [2.75, 3.05) is 6.54 Å². The number of tetrazole rings is 1. The molecule has 0 radical (unpaired) electrons. The number of hydrogen-bond acceptors (Lipinski definition) is 6. The van der Waals surface area contributed by atoms with Crippen LogP contribution in [0.4, 0.5) is 0 Å². The molecule has 0 fully saturated rings. The molecule has 0 aromatic carbocycles. The predicted molar refractivity (Wildman–Crippen MR) is 65.5 cm³/mol.